The van der Waals surface area contributed by atoms with E-state index in [-0.39, 0.29) is 0 Å². The molecule has 0 aliphatic rings. The number of aliphatic imine (C=N–C) groups is 1. The number of ether oxygens (including phenoxy) is 2. The average Bonchev–Trinajstić information content (AvgIpc) is 2.31. The normalized spacial score (nSPS) is 13.5. The van der Waals surface area contributed by atoms with Crippen molar-refractivity contribution >= 4 is 19.0 Å². The molecule has 0 bridgehead atoms. The second kappa shape index (κ2) is 10.8. The van der Waals surface area contributed by atoms with Crippen LogP contribution in [0.15, 0.2) is 27.0 Å². The first-order valence-corrected chi connectivity index (χ1v) is 5.31. The van der Waals surface area contributed by atoms with Crippen LogP contribution in [0.5, 0.6) is 0 Å². The second-order valence-electron chi connectivity index (χ2n) is 3.41. The summed E-state index contributed by atoms with van der Waals surface area (Å²) < 4.78 is 9.90. The monoisotopic (exact) mass is 240 g/mol. The van der Waals surface area contributed by atoms with Crippen LogP contribution in [0, 0.1) is 5.92 Å². The molecule has 96 valence electrons. The van der Waals surface area contributed by atoms with Crippen LogP contribution in [0.4, 0.5) is 0 Å². The Kier molecular flexibility index (Phi) is 9.74. The summed E-state index contributed by atoms with van der Waals surface area (Å²) >= 11 is 0. The molecule has 0 rings (SSSR count). The summed E-state index contributed by atoms with van der Waals surface area (Å²) in [4.78, 5) is 4.00. The van der Waals surface area contributed by atoms with Crippen LogP contribution < -0.4 is 5.73 Å². The zero-order valence-corrected chi connectivity index (χ0v) is 10.5. The molecule has 0 aromatic heterocycles. The Morgan fingerprint density at radius 1 is 1.29 bits per heavy atom. The van der Waals surface area contributed by atoms with Gasteiger partial charge in [0, 0.05) is 13.3 Å². The molecule has 0 spiro atoms. The molecule has 0 heterocycles. The van der Waals surface area contributed by atoms with Gasteiger partial charge in [-0.2, -0.15) is 5.10 Å². The number of hydrogen-bond acceptors (Lipinski definition) is 5. The summed E-state index contributed by atoms with van der Waals surface area (Å²) in [5.74, 6) is 0.294. The zero-order chi connectivity index (χ0) is 12.9. The van der Waals surface area contributed by atoms with Crippen LogP contribution in [0.25, 0.3) is 0 Å². The van der Waals surface area contributed by atoms with Gasteiger partial charge in [-0.15, -0.1) is 5.10 Å². The topological polar surface area (TPSA) is 81.6 Å². The first-order chi connectivity index (χ1) is 8.22. The van der Waals surface area contributed by atoms with Crippen molar-refractivity contribution in [2.24, 2.45) is 26.8 Å². The van der Waals surface area contributed by atoms with E-state index in [0.29, 0.717) is 19.1 Å². The standard InChI is InChI=1S/C11H20N4O2/c1-10(2)11(7-14-15-8-12)6-13-9-17-5-4-16-3/h6-10H,4-5H2,1-3H3,(H2,12,15)/b11-6-,13-9?,14-7-. The molecule has 0 saturated carbocycles. The molecule has 0 unspecified atom stereocenters. The minimum absolute atomic E-state index is 0.294. The smallest absolute Gasteiger partial charge is 0.174 e. The third-order valence-corrected chi connectivity index (χ3v) is 1.77. The highest BCUT2D eigenvalue weighted by atomic mass is 16.5. The fourth-order valence-electron chi connectivity index (χ4n) is 0.814. The van der Waals surface area contributed by atoms with Gasteiger partial charge in [0.25, 0.3) is 0 Å². The molecule has 0 fully saturated rings. The number of methoxy groups -OCH3 is 1. The van der Waals surface area contributed by atoms with E-state index < -0.39 is 0 Å². The predicted octanol–water partition coefficient (Wildman–Crippen LogP) is 1.19. The molecule has 6 heteroatoms. The van der Waals surface area contributed by atoms with E-state index in [0.717, 1.165) is 11.9 Å². The van der Waals surface area contributed by atoms with E-state index in [1.807, 2.05) is 13.8 Å². The summed E-state index contributed by atoms with van der Waals surface area (Å²) in [6.07, 6.45) is 5.79. The van der Waals surface area contributed by atoms with Crippen molar-refractivity contribution in [2.45, 2.75) is 13.8 Å². The Morgan fingerprint density at radius 2 is 2.06 bits per heavy atom. The fourth-order valence-corrected chi connectivity index (χ4v) is 0.814. The summed E-state index contributed by atoms with van der Waals surface area (Å²) in [5, 5.41) is 7.30. The Morgan fingerprint density at radius 3 is 2.65 bits per heavy atom. The van der Waals surface area contributed by atoms with Gasteiger partial charge in [0.05, 0.1) is 12.8 Å². The van der Waals surface area contributed by atoms with Gasteiger partial charge in [-0.1, -0.05) is 13.8 Å². The van der Waals surface area contributed by atoms with Gasteiger partial charge in [0.15, 0.2) is 6.40 Å². The Balaban J connectivity index is 4.20. The molecule has 0 aromatic carbocycles. The summed E-state index contributed by atoms with van der Waals surface area (Å²) in [6.45, 7) is 5.09. The molecular formula is C11H20N4O2. The van der Waals surface area contributed by atoms with E-state index in [1.54, 1.807) is 19.5 Å². The minimum atomic E-state index is 0.294. The van der Waals surface area contributed by atoms with Crippen LogP contribution in [-0.4, -0.2) is 39.3 Å². The molecule has 0 aromatic rings. The lowest BCUT2D eigenvalue weighted by Gasteiger charge is -2.02. The van der Waals surface area contributed by atoms with Crippen LogP contribution in [0.1, 0.15) is 13.8 Å². The molecule has 0 radical (unpaired) electrons. The van der Waals surface area contributed by atoms with Crippen molar-refractivity contribution in [3.8, 4) is 0 Å². The van der Waals surface area contributed by atoms with Crippen molar-refractivity contribution in [3.63, 3.8) is 0 Å². The van der Waals surface area contributed by atoms with Crippen molar-refractivity contribution < 1.29 is 9.47 Å². The molecule has 0 aliphatic heterocycles. The maximum Gasteiger partial charge on any atom is 0.174 e. The van der Waals surface area contributed by atoms with E-state index >= 15 is 0 Å². The van der Waals surface area contributed by atoms with Gasteiger partial charge in [0.2, 0.25) is 0 Å². The summed E-state index contributed by atoms with van der Waals surface area (Å²) in [5.41, 5.74) is 6.01. The van der Waals surface area contributed by atoms with E-state index in [2.05, 4.69) is 15.2 Å². The fraction of sp³-hybridized carbons (Fsp3) is 0.545. The molecule has 2 N–H and O–H groups in total. The molecule has 0 saturated heterocycles. The summed E-state index contributed by atoms with van der Waals surface area (Å²) in [7, 11) is 1.62. The third kappa shape index (κ3) is 9.25. The molecule has 6 nitrogen and oxygen atoms in total. The molecule has 0 atom stereocenters. The van der Waals surface area contributed by atoms with Crippen molar-refractivity contribution in [1.82, 2.24) is 0 Å². The Hall–Kier alpha value is -1.69. The maximum atomic E-state index is 5.07. The summed E-state index contributed by atoms with van der Waals surface area (Å²) in [6, 6.07) is 0. The Labute approximate surface area is 102 Å². The second-order valence-corrected chi connectivity index (χ2v) is 3.41. The molecular weight excluding hydrogens is 220 g/mol. The van der Waals surface area contributed by atoms with Crippen molar-refractivity contribution in [2.75, 3.05) is 20.3 Å². The highest BCUT2D eigenvalue weighted by Crippen LogP contribution is 2.06. The number of hydrogen-bond donors (Lipinski definition) is 1. The quantitative estimate of drug-likeness (QED) is 0.299. The maximum absolute atomic E-state index is 5.07. The van der Waals surface area contributed by atoms with Crippen LogP contribution >= 0.6 is 0 Å². The lowest BCUT2D eigenvalue weighted by atomic mass is 10.1. The van der Waals surface area contributed by atoms with Crippen molar-refractivity contribution in [1.29, 1.82) is 0 Å². The number of allylic oxidation sites excluding steroid dienone is 1. The lowest BCUT2D eigenvalue weighted by Crippen LogP contribution is -1.99. The number of rotatable bonds is 8. The first kappa shape index (κ1) is 15.3. The van der Waals surface area contributed by atoms with Gasteiger partial charge >= 0.3 is 0 Å². The Bertz CT molecular complexity index is 296. The van der Waals surface area contributed by atoms with Crippen LogP contribution in [0.3, 0.4) is 0 Å². The lowest BCUT2D eigenvalue weighted by molar-refractivity contribution is 0.145. The van der Waals surface area contributed by atoms with Crippen LogP contribution in [-0.2, 0) is 9.47 Å². The van der Waals surface area contributed by atoms with E-state index in [1.165, 1.54) is 6.40 Å². The molecule has 0 amide bonds. The highest BCUT2D eigenvalue weighted by molar-refractivity contribution is 5.79. The van der Waals surface area contributed by atoms with Gasteiger partial charge in [-0.25, -0.2) is 4.99 Å². The average molecular weight is 240 g/mol. The number of nitrogens with two attached hydrogens (primary N) is 1. The molecule has 17 heavy (non-hydrogen) atoms. The first-order valence-electron chi connectivity index (χ1n) is 5.31. The minimum Gasteiger partial charge on any atom is -0.481 e. The zero-order valence-electron chi connectivity index (χ0n) is 10.5. The van der Waals surface area contributed by atoms with Gasteiger partial charge < -0.3 is 15.2 Å². The largest absolute Gasteiger partial charge is 0.481 e. The SMILES string of the molecule is COCCOC=N/C=C(/C=N\N=CN)C(C)C. The number of nitrogens with zero attached hydrogens (tertiary/aromatic N) is 3. The van der Waals surface area contributed by atoms with Crippen LogP contribution in [0.2, 0.25) is 0 Å². The predicted molar refractivity (Wildman–Crippen MR) is 70.4 cm³/mol. The van der Waals surface area contributed by atoms with Gasteiger partial charge in [0.1, 0.15) is 12.9 Å². The highest BCUT2D eigenvalue weighted by Gasteiger charge is 1.98. The van der Waals surface area contributed by atoms with E-state index in [9.17, 15) is 0 Å². The third-order valence-electron chi connectivity index (χ3n) is 1.77. The van der Waals surface area contributed by atoms with Gasteiger partial charge in [-0.05, 0) is 11.5 Å². The van der Waals surface area contributed by atoms with Crippen molar-refractivity contribution in [3.05, 3.63) is 11.8 Å². The van der Waals surface area contributed by atoms with Gasteiger partial charge in [-0.3, -0.25) is 0 Å². The molecule has 0 aliphatic carbocycles. The van der Waals surface area contributed by atoms with E-state index in [4.69, 9.17) is 15.2 Å².